The van der Waals surface area contributed by atoms with Gasteiger partial charge in [-0.15, -0.1) is 0 Å². The number of hydrogen-bond donors (Lipinski definition) is 2. The van der Waals surface area contributed by atoms with Crippen LogP contribution in [0.4, 0.5) is 15.8 Å². The minimum atomic E-state index is -1.18. The predicted molar refractivity (Wildman–Crippen MR) is 95.8 cm³/mol. The van der Waals surface area contributed by atoms with Gasteiger partial charge in [0.1, 0.15) is 5.82 Å². The molecule has 0 aliphatic heterocycles. The zero-order valence-electron chi connectivity index (χ0n) is 12.8. The Hall–Kier alpha value is -2.02. The number of nitrogens with two attached hydrogens (primary N) is 1. The Morgan fingerprint density at radius 3 is 2.48 bits per heavy atom. The molecule has 2 aromatic rings. The second-order valence-corrected chi connectivity index (χ2v) is 6.26. The summed E-state index contributed by atoms with van der Waals surface area (Å²) in [6, 6.07) is 6.13. The molecule has 0 aromatic heterocycles. The van der Waals surface area contributed by atoms with E-state index in [2.05, 4.69) is 5.32 Å². The molecule has 0 unspecified atom stereocenters. The largest absolute Gasteiger partial charge is 0.449 e. The number of nitrogen functional groups attached to an aromatic ring is 1. The number of rotatable bonds is 4. The summed E-state index contributed by atoms with van der Waals surface area (Å²) in [6.07, 6.45) is -1.18. The minimum absolute atomic E-state index is 0.00902. The van der Waals surface area contributed by atoms with E-state index in [1.165, 1.54) is 25.1 Å². The molecule has 0 bridgehead atoms. The molecule has 0 spiro atoms. The minimum Gasteiger partial charge on any atom is -0.449 e. The first-order chi connectivity index (χ1) is 11.7. The van der Waals surface area contributed by atoms with Crippen molar-refractivity contribution in [1.29, 1.82) is 0 Å². The van der Waals surface area contributed by atoms with Gasteiger partial charge in [0.05, 0.1) is 27.0 Å². The third kappa shape index (κ3) is 4.75. The molecule has 0 fully saturated rings. The van der Waals surface area contributed by atoms with Crippen LogP contribution in [0.2, 0.25) is 15.1 Å². The van der Waals surface area contributed by atoms with Crippen molar-refractivity contribution in [3.05, 3.63) is 56.8 Å². The number of benzene rings is 2. The number of halogens is 4. The molecule has 25 heavy (non-hydrogen) atoms. The number of esters is 1. The van der Waals surface area contributed by atoms with E-state index in [0.717, 1.165) is 12.1 Å². The lowest BCUT2D eigenvalue weighted by Gasteiger charge is -2.15. The fraction of sp³-hybridized carbons (Fsp3) is 0.125. The summed E-state index contributed by atoms with van der Waals surface area (Å²) in [6.45, 7) is 1.35. The Kier molecular flexibility index (Phi) is 6.11. The highest BCUT2D eigenvalue weighted by molar-refractivity contribution is 6.37. The van der Waals surface area contributed by atoms with Crippen molar-refractivity contribution in [2.75, 3.05) is 11.1 Å². The number of carbonyl (C=O) groups excluding carboxylic acids is 2. The highest BCUT2D eigenvalue weighted by Gasteiger charge is 2.22. The van der Waals surface area contributed by atoms with Gasteiger partial charge in [0.25, 0.3) is 5.91 Å². The first-order valence-corrected chi connectivity index (χ1v) is 8.04. The van der Waals surface area contributed by atoms with Crippen molar-refractivity contribution in [3.8, 4) is 0 Å². The Labute approximate surface area is 157 Å². The summed E-state index contributed by atoms with van der Waals surface area (Å²) in [5.41, 5.74) is 5.83. The van der Waals surface area contributed by atoms with Crippen LogP contribution in [0.25, 0.3) is 0 Å². The molecule has 0 aliphatic carbocycles. The Morgan fingerprint density at radius 1 is 1.16 bits per heavy atom. The van der Waals surface area contributed by atoms with Gasteiger partial charge in [-0.3, -0.25) is 4.79 Å². The maximum Gasteiger partial charge on any atom is 0.341 e. The van der Waals surface area contributed by atoms with Gasteiger partial charge in [0, 0.05) is 5.02 Å². The Bertz CT molecular complexity index is 846. The van der Waals surface area contributed by atoms with E-state index in [-0.39, 0.29) is 32.0 Å². The molecule has 0 aliphatic rings. The summed E-state index contributed by atoms with van der Waals surface area (Å²) >= 11 is 17.5. The maximum atomic E-state index is 13.0. The predicted octanol–water partition coefficient (Wildman–Crippen LogP) is 4.55. The van der Waals surface area contributed by atoms with Crippen LogP contribution < -0.4 is 11.1 Å². The first kappa shape index (κ1) is 19.3. The Morgan fingerprint density at radius 2 is 1.84 bits per heavy atom. The topological polar surface area (TPSA) is 81.4 Å². The highest BCUT2D eigenvalue weighted by Crippen LogP contribution is 2.28. The quantitative estimate of drug-likeness (QED) is 0.577. The molecule has 2 rings (SSSR count). The number of ether oxygens (including phenoxy) is 1. The fourth-order valence-corrected chi connectivity index (χ4v) is 2.56. The lowest BCUT2D eigenvalue weighted by atomic mass is 10.2. The fourth-order valence-electron chi connectivity index (χ4n) is 1.86. The molecular weight excluding hydrogens is 394 g/mol. The normalized spacial score (nSPS) is 11.7. The van der Waals surface area contributed by atoms with Crippen LogP contribution in [0.5, 0.6) is 0 Å². The molecule has 9 heteroatoms. The van der Waals surface area contributed by atoms with Crippen LogP contribution in [-0.4, -0.2) is 18.0 Å². The molecule has 2 aromatic carbocycles. The summed E-state index contributed by atoms with van der Waals surface area (Å²) in [5.74, 6) is -2.07. The molecule has 0 saturated heterocycles. The summed E-state index contributed by atoms with van der Waals surface area (Å²) in [5, 5.41) is 2.73. The summed E-state index contributed by atoms with van der Waals surface area (Å²) in [4.78, 5) is 24.3. The average molecular weight is 406 g/mol. The zero-order chi connectivity index (χ0) is 18.7. The highest BCUT2D eigenvalue weighted by atomic mass is 35.5. The molecule has 132 valence electrons. The van der Waals surface area contributed by atoms with Crippen LogP contribution >= 0.6 is 34.8 Å². The van der Waals surface area contributed by atoms with Crippen LogP contribution in [0.15, 0.2) is 30.3 Å². The van der Waals surface area contributed by atoms with E-state index in [9.17, 15) is 14.0 Å². The van der Waals surface area contributed by atoms with E-state index in [0.29, 0.717) is 0 Å². The van der Waals surface area contributed by atoms with Gasteiger partial charge in [0.15, 0.2) is 6.10 Å². The maximum absolute atomic E-state index is 13.0. The number of hydrogen-bond acceptors (Lipinski definition) is 4. The van der Waals surface area contributed by atoms with E-state index < -0.39 is 23.8 Å². The number of carbonyl (C=O) groups is 2. The van der Waals surface area contributed by atoms with Crippen LogP contribution in [-0.2, 0) is 9.53 Å². The van der Waals surface area contributed by atoms with Crippen molar-refractivity contribution in [2.24, 2.45) is 0 Å². The lowest BCUT2D eigenvalue weighted by Crippen LogP contribution is -2.30. The van der Waals surface area contributed by atoms with Crippen LogP contribution in [0.1, 0.15) is 17.3 Å². The van der Waals surface area contributed by atoms with Gasteiger partial charge in [0.2, 0.25) is 0 Å². The third-order valence-corrected chi connectivity index (χ3v) is 4.00. The molecule has 0 heterocycles. The van der Waals surface area contributed by atoms with Crippen molar-refractivity contribution in [3.63, 3.8) is 0 Å². The van der Waals surface area contributed by atoms with Gasteiger partial charge in [-0.05, 0) is 37.3 Å². The van der Waals surface area contributed by atoms with Gasteiger partial charge >= 0.3 is 5.97 Å². The SMILES string of the molecule is C[C@@H](OC(=O)c1cc(Cl)cc(Cl)c1N)C(=O)Nc1ccc(F)cc1Cl. The van der Waals surface area contributed by atoms with Crippen molar-refractivity contribution in [2.45, 2.75) is 13.0 Å². The second kappa shape index (κ2) is 7.91. The van der Waals surface area contributed by atoms with Gasteiger partial charge in [-0.1, -0.05) is 34.8 Å². The molecular formula is C16H12Cl3FN2O3. The molecule has 0 radical (unpaired) electrons. The number of amides is 1. The summed E-state index contributed by atoms with van der Waals surface area (Å²) in [7, 11) is 0. The van der Waals surface area contributed by atoms with Crippen LogP contribution in [0, 0.1) is 5.82 Å². The van der Waals surface area contributed by atoms with Gasteiger partial charge in [-0.25, -0.2) is 9.18 Å². The number of anilines is 2. The zero-order valence-corrected chi connectivity index (χ0v) is 15.0. The molecule has 1 atom stereocenters. The van der Waals surface area contributed by atoms with Gasteiger partial charge < -0.3 is 15.8 Å². The molecule has 1 amide bonds. The smallest absolute Gasteiger partial charge is 0.341 e. The lowest BCUT2D eigenvalue weighted by molar-refractivity contribution is -0.123. The average Bonchev–Trinajstić information content (AvgIpc) is 2.53. The van der Waals surface area contributed by atoms with Crippen molar-refractivity contribution in [1.82, 2.24) is 0 Å². The monoisotopic (exact) mass is 404 g/mol. The van der Waals surface area contributed by atoms with Crippen LogP contribution in [0.3, 0.4) is 0 Å². The number of nitrogens with one attached hydrogen (secondary N) is 1. The molecule has 3 N–H and O–H groups in total. The first-order valence-electron chi connectivity index (χ1n) is 6.90. The second-order valence-electron chi connectivity index (χ2n) is 5.01. The molecule has 0 saturated carbocycles. The van der Waals surface area contributed by atoms with E-state index >= 15 is 0 Å². The molecule has 5 nitrogen and oxygen atoms in total. The van der Waals surface area contributed by atoms with E-state index in [4.69, 9.17) is 45.3 Å². The summed E-state index contributed by atoms with van der Waals surface area (Å²) < 4.78 is 18.1. The van der Waals surface area contributed by atoms with Gasteiger partial charge in [-0.2, -0.15) is 0 Å². The van der Waals surface area contributed by atoms with Crippen molar-refractivity contribution < 1.29 is 18.7 Å². The Balaban J connectivity index is 2.09. The van der Waals surface area contributed by atoms with E-state index in [1.54, 1.807) is 0 Å². The standard InChI is InChI=1S/C16H12Cl3FN2O3/c1-7(15(23)22-13-3-2-9(20)6-11(13)18)25-16(24)10-4-8(17)5-12(19)14(10)21/h2-7H,21H2,1H3,(H,22,23)/t7-/m1/s1. The third-order valence-electron chi connectivity index (χ3n) is 3.16. The van der Waals surface area contributed by atoms with Crippen molar-refractivity contribution >= 4 is 58.1 Å². The van der Waals surface area contributed by atoms with E-state index in [1.807, 2.05) is 0 Å².